The molecule has 57 heavy (non-hydrogen) atoms. The van der Waals surface area contributed by atoms with Crippen molar-refractivity contribution in [3.8, 4) is 0 Å². The Kier molecular flexibility index (Phi) is 38.1. The average Bonchev–Trinajstić information content (AvgIpc) is 3.17. The molecule has 0 saturated heterocycles. The Morgan fingerprint density at radius 3 is 1.46 bits per heavy atom. The fourth-order valence-electron chi connectivity index (χ4n) is 5.95. The predicted octanol–water partition coefficient (Wildman–Crippen LogP) is 10.7. The summed E-state index contributed by atoms with van der Waals surface area (Å²) in [6.07, 6.45) is 42.8. The average molecular weight is 804 g/mol. The first kappa shape index (κ1) is 54.2. The van der Waals surface area contributed by atoms with Gasteiger partial charge in [0.2, 0.25) is 0 Å². The van der Waals surface area contributed by atoms with Gasteiger partial charge in [-0.15, -0.1) is 0 Å². The van der Waals surface area contributed by atoms with Crippen LogP contribution in [0.1, 0.15) is 181 Å². The Morgan fingerprint density at radius 2 is 0.982 bits per heavy atom. The van der Waals surface area contributed by atoms with Crippen molar-refractivity contribution in [1.29, 1.82) is 0 Å². The molecule has 0 aliphatic rings. The summed E-state index contributed by atoms with van der Waals surface area (Å²) >= 11 is 0. The second-order valence-electron chi connectivity index (χ2n) is 16.3. The number of likely N-dealkylation sites (N-methyl/N-ethyl adjacent to an activating group) is 1. The summed E-state index contributed by atoms with van der Waals surface area (Å²) in [7, 11) is 5.90. The SMILES string of the molecule is CCC/C=C\C/C=C\CCCCCCCC(=O)OCC(COC(OCC[N+](C)(C)C)C(=O)[O-])OC(=O)CCCCCCCCCCC/C=C\C/C=C\CCCCC. The number of rotatable bonds is 41. The standard InChI is InChI=1S/C48H85NO8/c1-6-8-10-12-14-16-18-20-21-22-23-24-25-27-29-31-33-35-37-39-46(51)57-44(43-56-48(47(52)53)54-41-40-49(3,4)5)42-55-45(50)38-36-34-32-30-28-26-19-17-15-13-11-9-7-2/h11,13-14,16-17,19-21,44,48H,6-10,12,15,18,22-43H2,1-5H3/b13-11-,16-14-,19-17-,21-20-. The lowest BCUT2D eigenvalue weighted by Gasteiger charge is -2.26. The molecular formula is C48H85NO8. The summed E-state index contributed by atoms with van der Waals surface area (Å²) < 4.78 is 22.5. The third-order valence-corrected chi connectivity index (χ3v) is 9.53. The number of carboxylic acids is 1. The number of carboxylic acid groups (broad SMARTS) is 1. The number of esters is 2. The molecule has 0 aliphatic carbocycles. The van der Waals surface area contributed by atoms with Gasteiger partial charge in [-0.2, -0.15) is 0 Å². The maximum absolute atomic E-state index is 12.8. The fraction of sp³-hybridized carbons (Fsp3) is 0.771. The number of nitrogens with zero attached hydrogens (tertiary/aromatic N) is 1. The molecule has 0 aromatic carbocycles. The molecule has 9 heteroatoms. The number of aliphatic carboxylic acids is 1. The molecule has 0 N–H and O–H groups in total. The zero-order valence-electron chi connectivity index (χ0n) is 37.2. The van der Waals surface area contributed by atoms with Gasteiger partial charge in [0.05, 0.1) is 40.3 Å². The van der Waals surface area contributed by atoms with E-state index in [-0.39, 0.29) is 38.6 Å². The van der Waals surface area contributed by atoms with Gasteiger partial charge in [-0.3, -0.25) is 9.59 Å². The van der Waals surface area contributed by atoms with Gasteiger partial charge in [0.25, 0.3) is 0 Å². The van der Waals surface area contributed by atoms with Crippen LogP contribution >= 0.6 is 0 Å². The van der Waals surface area contributed by atoms with Crippen LogP contribution in [-0.2, 0) is 33.3 Å². The third kappa shape index (κ3) is 41.2. The van der Waals surface area contributed by atoms with Crippen molar-refractivity contribution in [2.75, 3.05) is 47.5 Å². The van der Waals surface area contributed by atoms with E-state index in [9.17, 15) is 19.5 Å². The van der Waals surface area contributed by atoms with Crippen LogP contribution in [0.4, 0.5) is 0 Å². The van der Waals surface area contributed by atoms with Crippen LogP contribution in [0.5, 0.6) is 0 Å². The molecule has 0 bridgehead atoms. The first-order chi connectivity index (χ1) is 27.6. The normalized spacial score (nSPS) is 13.4. The Balaban J connectivity index is 4.43. The van der Waals surface area contributed by atoms with Crippen molar-refractivity contribution >= 4 is 17.9 Å². The minimum absolute atomic E-state index is 0.143. The van der Waals surface area contributed by atoms with Crippen LogP contribution < -0.4 is 5.11 Å². The van der Waals surface area contributed by atoms with Gasteiger partial charge in [-0.05, 0) is 70.6 Å². The fourth-order valence-corrected chi connectivity index (χ4v) is 5.95. The van der Waals surface area contributed by atoms with Crippen molar-refractivity contribution in [2.24, 2.45) is 0 Å². The zero-order valence-corrected chi connectivity index (χ0v) is 37.2. The number of allylic oxidation sites excluding steroid dienone is 8. The third-order valence-electron chi connectivity index (χ3n) is 9.53. The van der Waals surface area contributed by atoms with Crippen LogP contribution in [0.15, 0.2) is 48.6 Å². The van der Waals surface area contributed by atoms with E-state index >= 15 is 0 Å². The topological polar surface area (TPSA) is 111 Å². The highest BCUT2D eigenvalue weighted by Gasteiger charge is 2.21. The van der Waals surface area contributed by atoms with Gasteiger partial charge in [-0.1, -0.05) is 146 Å². The first-order valence-electron chi connectivity index (χ1n) is 22.8. The Hall–Kier alpha value is -2.75. The smallest absolute Gasteiger partial charge is 0.306 e. The number of carbonyl (C=O) groups is 3. The highest BCUT2D eigenvalue weighted by atomic mass is 16.7. The molecule has 0 amide bonds. The molecular weight excluding hydrogens is 719 g/mol. The molecule has 2 unspecified atom stereocenters. The van der Waals surface area contributed by atoms with E-state index in [0.29, 0.717) is 17.4 Å². The quantitative estimate of drug-likeness (QED) is 0.0197. The van der Waals surface area contributed by atoms with E-state index in [1.54, 1.807) is 0 Å². The highest BCUT2D eigenvalue weighted by molar-refractivity contribution is 5.70. The second-order valence-corrected chi connectivity index (χ2v) is 16.3. The van der Waals surface area contributed by atoms with Crippen molar-refractivity contribution in [3.63, 3.8) is 0 Å². The summed E-state index contributed by atoms with van der Waals surface area (Å²) in [6.45, 7) is 4.62. The summed E-state index contributed by atoms with van der Waals surface area (Å²) in [5.74, 6) is -2.31. The predicted molar refractivity (Wildman–Crippen MR) is 232 cm³/mol. The number of ether oxygens (including phenoxy) is 4. The molecule has 0 aliphatic heterocycles. The lowest BCUT2D eigenvalue weighted by atomic mass is 10.1. The Labute approximate surface area is 349 Å². The minimum atomic E-state index is -1.62. The molecule has 0 spiro atoms. The molecule has 0 rings (SSSR count). The van der Waals surface area contributed by atoms with Gasteiger partial charge in [0, 0.05) is 12.8 Å². The summed E-state index contributed by atoms with van der Waals surface area (Å²) in [5.41, 5.74) is 0. The molecule has 0 saturated carbocycles. The zero-order chi connectivity index (χ0) is 42.1. The molecule has 0 radical (unpaired) electrons. The van der Waals surface area contributed by atoms with E-state index in [2.05, 4.69) is 62.5 Å². The Bertz CT molecular complexity index is 1080. The van der Waals surface area contributed by atoms with Gasteiger partial charge < -0.3 is 33.3 Å². The van der Waals surface area contributed by atoms with Gasteiger partial charge in [0.15, 0.2) is 12.4 Å². The number of unbranched alkanes of at least 4 members (excludes halogenated alkanes) is 18. The van der Waals surface area contributed by atoms with Crippen LogP contribution in [0.2, 0.25) is 0 Å². The van der Waals surface area contributed by atoms with E-state index in [1.807, 2.05) is 21.1 Å². The second kappa shape index (κ2) is 40.0. The van der Waals surface area contributed by atoms with Crippen LogP contribution in [0.3, 0.4) is 0 Å². The van der Waals surface area contributed by atoms with Crippen molar-refractivity contribution in [2.45, 2.75) is 193 Å². The lowest BCUT2D eigenvalue weighted by molar-refractivity contribution is -0.870. The van der Waals surface area contributed by atoms with Gasteiger partial charge in [0.1, 0.15) is 13.2 Å². The number of hydrogen-bond acceptors (Lipinski definition) is 8. The lowest BCUT2D eigenvalue weighted by Crippen LogP contribution is -2.44. The van der Waals surface area contributed by atoms with Gasteiger partial charge >= 0.3 is 11.9 Å². The maximum atomic E-state index is 12.8. The summed E-state index contributed by atoms with van der Waals surface area (Å²) in [6, 6.07) is 0. The highest BCUT2D eigenvalue weighted by Crippen LogP contribution is 2.14. The minimum Gasteiger partial charge on any atom is -0.545 e. The van der Waals surface area contributed by atoms with Crippen LogP contribution in [-0.4, -0.2) is 82.3 Å². The number of hydrogen-bond donors (Lipinski definition) is 0. The monoisotopic (exact) mass is 804 g/mol. The first-order valence-corrected chi connectivity index (χ1v) is 22.8. The van der Waals surface area contributed by atoms with E-state index < -0.39 is 24.3 Å². The van der Waals surface area contributed by atoms with Crippen LogP contribution in [0.25, 0.3) is 0 Å². The molecule has 0 fully saturated rings. The molecule has 0 aromatic heterocycles. The molecule has 0 heterocycles. The van der Waals surface area contributed by atoms with Gasteiger partial charge in [-0.25, -0.2) is 0 Å². The Morgan fingerprint density at radius 1 is 0.526 bits per heavy atom. The molecule has 2 atom stereocenters. The number of carbonyl (C=O) groups excluding carboxylic acids is 3. The van der Waals surface area contributed by atoms with Crippen molar-refractivity contribution < 1.29 is 42.9 Å². The maximum Gasteiger partial charge on any atom is 0.306 e. The van der Waals surface area contributed by atoms with Crippen molar-refractivity contribution in [1.82, 2.24) is 0 Å². The van der Waals surface area contributed by atoms with E-state index in [1.165, 1.54) is 64.2 Å². The molecule has 9 nitrogen and oxygen atoms in total. The van der Waals surface area contributed by atoms with Crippen LogP contribution in [0, 0.1) is 0 Å². The summed E-state index contributed by atoms with van der Waals surface area (Å²) in [5, 5.41) is 11.7. The largest absolute Gasteiger partial charge is 0.545 e. The molecule has 0 aromatic rings. The van der Waals surface area contributed by atoms with E-state index in [4.69, 9.17) is 18.9 Å². The van der Waals surface area contributed by atoms with E-state index in [0.717, 1.165) is 83.5 Å². The number of quaternary nitrogens is 1. The summed E-state index contributed by atoms with van der Waals surface area (Å²) in [4.78, 5) is 37.0. The molecule has 330 valence electrons. The van der Waals surface area contributed by atoms with Crippen molar-refractivity contribution in [3.05, 3.63) is 48.6 Å².